The van der Waals surface area contributed by atoms with E-state index in [-0.39, 0.29) is 59.0 Å². The number of anilines is 1. The lowest BCUT2D eigenvalue weighted by atomic mass is 9.77. The van der Waals surface area contributed by atoms with Gasteiger partial charge in [-0.15, -0.1) is 21.9 Å². The number of aromatic amines is 1. The second-order valence-corrected chi connectivity index (χ2v) is 28.2. The molecule has 0 aliphatic carbocycles. The summed E-state index contributed by atoms with van der Waals surface area (Å²) in [4.78, 5) is 118. The molecule has 3 aliphatic heterocycles. The first-order valence-electron chi connectivity index (χ1n) is 30.2. The monoisotopic (exact) mass is 1170 g/mol. The van der Waals surface area contributed by atoms with E-state index >= 15 is 19.2 Å². The number of nitrogens with one attached hydrogen (secondary N) is 3. The molecule has 19 heteroatoms. The Morgan fingerprint density at radius 2 is 1.17 bits per heavy atom. The van der Waals surface area contributed by atoms with E-state index in [0.29, 0.717) is 86.1 Å². The summed E-state index contributed by atoms with van der Waals surface area (Å²) in [6.45, 7) is 37.5. The highest BCUT2D eigenvalue weighted by molar-refractivity contribution is 8.00. The van der Waals surface area contributed by atoms with Crippen LogP contribution in [0.1, 0.15) is 262 Å². The van der Waals surface area contributed by atoms with Crippen molar-refractivity contribution in [1.82, 2.24) is 20.4 Å². The van der Waals surface area contributed by atoms with Crippen molar-refractivity contribution in [1.29, 1.82) is 0 Å². The zero-order valence-corrected chi connectivity index (χ0v) is 54.1. The Hall–Kier alpha value is -5.01. The molecule has 0 spiro atoms. The molecular weight excluding hydrogens is 1060 g/mol. The molecule has 2 amide bonds. The standard InChI is InChI=1S/C63H102N6O12S/c1-20-57(10,11)56(78)79-35-27-33-62(21-2,22-3)54(76)66-49-47(52(74)80-68-58(12,13)29-25-30-59(68,14)15)45(39(6)7)41(64-49)37-42-46(40(8)9)48(53(75)81-69-60(16,17)31-26-32-61(69,18)19)50(65-42)67-55(77)63(23-4,24-5)34-28-36-82-43(51(72)73)38-44(70)71/h37,39-40,43,65H,20-36,38H2,1-19H3,(H,67,77)(H,70,71)(H,72,73)(H,64,66,76). The molecular formula is C63H102N6O12S. The maximum Gasteiger partial charge on any atom is 0.361 e. The van der Waals surface area contributed by atoms with Crippen LogP contribution in [-0.4, -0.2) is 113 Å². The van der Waals surface area contributed by atoms with Crippen LogP contribution in [0.4, 0.5) is 5.82 Å². The van der Waals surface area contributed by atoms with Crippen LogP contribution in [-0.2, 0) is 43.2 Å². The Kier molecular flexibility index (Phi) is 23.6. The number of hydrogen-bond acceptors (Lipinski definition) is 14. The van der Waals surface area contributed by atoms with Gasteiger partial charge < -0.3 is 40.2 Å². The lowest BCUT2D eigenvalue weighted by Gasteiger charge is -2.50. The number of carbonyl (C=O) groups excluding carboxylic acids is 5. The third kappa shape index (κ3) is 16.0. The van der Waals surface area contributed by atoms with Gasteiger partial charge in [0.05, 0.1) is 46.3 Å². The minimum Gasteiger partial charge on any atom is -0.481 e. The second-order valence-electron chi connectivity index (χ2n) is 26.9. The van der Waals surface area contributed by atoms with Crippen LogP contribution in [0, 0.1) is 22.2 Å². The number of ether oxygens (including phenoxy) is 1. The van der Waals surface area contributed by atoms with Gasteiger partial charge in [-0.05, 0) is 200 Å². The van der Waals surface area contributed by atoms with Crippen molar-refractivity contribution in [3.8, 4) is 0 Å². The number of piperidine rings is 2. The van der Waals surface area contributed by atoms with Crippen molar-refractivity contribution in [2.24, 2.45) is 27.2 Å². The molecule has 2 fully saturated rings. The summed E-state index contributed by atoms with van der Waals surface area (Å²) < 4.78 is 5.70. The van der Waals surface area contributed by atoms with Gasteiger partial charge in [0.1, 0.15) is 28.0 Å². The molecule has 3 aliphatic rings. The maximum absolute atomic E-state index is 15.3. The Balaban J connectivity index is 1.97. The molecule has 0 bridgehead atoms. The van der Waals surface area contributed by atoms with Gasteiger partial charge in [0.2, 0.25) is 11.8 Å². The zero-order chi connectivity index (χ0) is 62.1. The molecule has 4 rings (SSSR count). The molecule has 1 unspecified atom stereocenters. The number of amides is 2. The normalized spacial score (nSPS) is 19.2. The number of carbonyl (C=O) groups is 7. The van der Waals surface area contributed by atoms with E-state index in [9.17, 15) is 24.6 Å². The minimum absolute atomic E-state index is 0.0202. The number of aliphatic carboxylic acids is 2. The fourth-order valence-corrected chi connectivity index (χ4v) is 13.4. The highest BCUT2D eigenvalue weighted by Gasteiger charge is 2.48. The van der Waals surface area contributed by atoms with E-state index in [1.807, 2.05) is 132 Å². The van der Waals surface area contributed by atoms with Gasteiger partial charge in [-0.1, -0.05) is 62.3 Å². The summed E-state index contributed by atoms with van der Waals surface area (Å²) in [6, 6.07) is 0. The van der Waals surface area contributed by atoms with Crippen LogP contribution in [0.15, 0.2) is 21.8 Å². The van der Waals surface area contributed by atoms with Crippen LogP contribution < -0.4 is 10.6 Å². The zero-order valence-electron chi connectivity index (χ0n) is 53.3. The third-order valence-electron chi connectivity index (χ3n) is 18.0. The van der Waals surface area contributed by atoms with E-state index in [1.165, 1.54) is 0 Å². The number of nitrogens with zero attached hydrogens (tertiary/aromatic N) is 3. The number of aromatic nitrogens is 1. The van der Waals surface area contributed by atoms with Gasteiger partial charge in [0.25, 0.3) is 0 Å². The quantitative estimate of drug-likeness (QED) is 0.0387. The summed E-state index contributed by atoms with van der Waals surface area (Å²) in [5.74, 6) is -5.12. The van der Waals surface area contributed by atoms with Crippen molar-refractivity contribution >= 4 is 71.2 Å². The number of rotatable bonds is 28. The van der Waals surface area contributed by atoms with Crippen LogP contribution in [0.5, 0.6) is 0 Å². The number of carboxylic acid groups (broad SMARTS) is 2. The Labute approximate surface area is 493 Å². The fourth-order valence-electron chi connectivity index (χ4n) is 12.4. The molecule has 4 heterocycles. The molecule has 0 saturated carbocycles. The molecule has 1 aromatic heterocycles. The number of esters is 1. The number of hydrogen-bond donors (Lipinski definition) is 5. The van der Waals surface area contributed by atoms with Crippen LogP contribution in [0.3, 0.4) is 0 Å². The molecule has 82 heavy (non-hydrogen) atoms. The van der Waals surface area contributed by atoms with Gasteiger partial charge in [-0.3, -0.25) is 24.0 Å². The minimum atomic E-state index is -1.21. The Bertz CT molecular complexity index is 2560. The Morgan fingerprint density at radius 1 is 0.695 bits per heavy atom. The molecule has 462 valence electrons. The number of aliphatic imine (C=N–C) groups is 1. The SMILES string of the molecule is CCC(C)(C)C(=O)OCCCC(CC)(CC)C(=O)NC1=NC(=Cc2[nH]c(NC(=O)C(CC)(CC)CCCSC(CC(=O)O)C(=O)O)c(C(=O)ON3C(C)(C)CCCC3(C)C)c2C(C)C)C(C(C)C)=C1C(=O)ON1C(C)(C)CCCC1(C)C. The number of allylic oxidation sites excluding steroid dienone is 1. The average molecular weight is 1170 g/mol. The van der Waals surface area contributed by atoms with Gasteiger partial charge in [-0.25, -0.2) is 14.6 Å². The highest BCUT2D eigenvalue weighted by Crippen LogP contribution is 2.45. The summed E-state index contributed by atoms with van der Waals surface area (Å²) in [5, 5.41) is 27.7. The van der Waals surface area contributed by atoms with Gasteiger partial charge in [-0.2, -0.15) is 0 Å². The van der Waals surface area contributed by atoms with Crippen molar-refractivity contribution in [2.75, 3.05) is 17.7 Å². The van der Waals surface area contributed by atoms with Crippen LogP contribution >= 0.6 is 11.8 Å². The molecule has 1 aromatic rings. The first-order valence-corrected chi connectivity index (χ1v) is 31.2. The number of carboxylic acids is 2. The lowest BCUT2D eigenvalue weighted by molar-refractivity contribution is -0.262. The van der Waals surface area contributed by atoms with Crippen LogP contribution in [0.2, 0.25) is 0 Å². The van der Waals surface area contributed by atoms with E-state index in [0.717, 1.165) is 50.3 Å². The molecule has 1 atom stereocenters. The molecule has 2 saturated heterocycles. The fraction of sp³-hybridized carbons (Fsp3) is 0.746. The summed E-state index contributed by atoms with van der Waals surface area (Å²) in [7, 11) is 0. The highest BCUT2D eigenvalue weighted by atomic mass is 32.2. The predicted octanol–water partition coefficient (Wildman–Crippen LogP) is 13.3. The number of H-pyrrole nitrogens is 1. The van der Waals surface area contributed by atoms with Crippen molar-refractivity contribution in [2.45, 2.75) is 268 Å². The molecule has 0 radical (unpaired) electrons. The molecule has 5 N–H and O–H groups in total. The Morgan fingerprint density at radius 3 is 1.61 bits per heavy atom. The molecule has 18 nitrogen and oxygen atoms in total. The third-order valence-corrected chi connectivity index (χ3v) is 19.3. The summed E-state index contributed by atoms with van der Waals surface area (Å²) in [6.07, 6.45) is 10.1. The van der Waals surface area contributed by atoms with E-state index in [1.54, 1.807) is 16.2 Å². The largest absolute Gasteiger partial charge is 0.481 e. The first-order chi connectivity index (χ1) is 38.0. The van der Waals surface area contributed by atoms with Gasteiger partial charge >= 0.3 is 29.8 Å². The maximum atomic E-state index is 15.3. The number of hydroxylamine groups is 4. The van der Waals surface area contributed by atoms with E-state index < -0.39 is 73.9 Å². The lowest BCUT2D eigenvalue weighted by Crippen LogP contribution is -2.59. The van der Waals surface area contributed by atoms with Crippen molar-refractivity contribution in [3.05, 3.63) is 33.7 Å². The number of thioether (sulfide) groups is 1. The van der Waals surface area contributed by atoms with E-state index in [4.69, 9.17) is 19.4 Å². The molecule has 0 aromatic carbocycles. The topological polar surface area (TPSA) is 246 Å². The van der Waals surface area contributed by atoms with Gasteiger partial charge in [0.15, 0.2) is 0 Å². The summed E-state index contributed by atoms with van der Waals surface area (Å²) in [5.41, 5.74) is -2.71. The predicted molar refractivity (Wildman–Crippen MR) is 324 cm³/mol. The summed E-state index contributed by atoms with van der Waals surface area (Å²) >= 11 is 1.03. The van der Waals surface area contributed by atoms with Crippen molar-refractivity contribution in [3.63, 3.8) is 0 Å². The average Bonchev–Trinajstić information content (AvgIpc) is 4.15. The second kappa shape index (κ2) is 27.8. The smallest absolute Gasteiger partial charge is 0.361 e. The van der Waals surface area contributed by atoms with Crippen LogP contribution in [0.25, 0.3) is 6.08 Å². The van der Waals surface area contributed by atoms with E-state index in [2.05, 4.69) is 15.6 Å². The first kappa shape index (κ1) is 69.5. The van der Waals surface area contributed by atoms with Crippen molar-refractivity contribution < 1.29 is 58.2 Å². The number of amidine groups is 1. The van der Waals surface area contributed by atoms with Gasteiger partial charge in [0, 0.05) is 16.5 Å².